The van der Waals surface area contributed by atoms with Crippen LogP contribution in [0.1, 0.15) is 39.5 Å². The first-order valence-electron chi connectivity index (χ1n) is 8.40. The molecular weight excluding hydrogens is 250 g/mol. The molecule has 3 heterocycles. The molecule has 3 atom stereocenters. The molecule has 1 amide bonds. The van der Waals surface area contributed by atoms with Crippen LogP contribution >= 0.6 is 0 Å². The first-order valence-corrected chi connectivity index (χ1v) is 8.40. The number of piperidine rings is 2. The van der Waals surface area contributed by atoms with Gasteiger partial charge in [-0.15, -0.1) is 0 Å². The van der Waals surface area contributed by atoms with Crippen LogP contribution in [0.25, 0.3) is 0 Å². The lowest BCUT2D eigenvalue weighted by atomic mass is 9.92. The molecule has 3 fully saturated rings. The standard InChI is InChI=1S/C16H29N3O/c1-12(2)16(20)19-9-4-14(5-10-19)17-15-6-8-18-7-3-13(15)11-18/h12-15,17H,3-11H2,1-2H3. The van der Waals surface area contributed by atoms with E-state index in [-0.39, 0.29) is 5.92 Å². The Kier molecular flexibility index (Phi) is 4.32. The number of hydrogen-bond acceptors (Lipinski definition) is 3. The largest absolute Gasteiger partial charge is 0.342 e. The van der Waals surface area contributed by atoms with Gasteiger partial charge in [0.1, 0.15) is 0 Å². The number of carbonyl (C=O) groups is 1. The van der Waals surface area contributed by atoms with Gasteiger partial charge in [-0.2, -0.15) is 0 Å². The van der Waals surface area contributed by atoms with Gasteiger partial charge >= 0.3 is 0 Å². The van der Waals surface area contributed by atoms with Crippen LogP contribution < -0.4 is 5.32 Å². The first kappa shape index (κ1) is 14.3. The summed E-state index contributed by atoms with van der Waals surface area (Å²) in [5, 5.41) is 3.91. The Balaban J connectivity index is 1.45. The first-order chi connectivity index (χ1) is 9.63. The monoisotopic (exact) mass is 279 g/mol. The van der Waals surface area contributed by atoms with Crippen LogP contribution in [0, 0.1) is 11.8 Å². The number of hydrogen-bond donors (Lipinski definition) is 1. The van der Waals surface area contributed by atoms with E-state index in [9.17, 15) is 4.79 Å². The minimum absolute atomic E-state index is 0.141. The maximum atomic E-state index is 12.0. The zero-order chi connectivity index (χ0) is 14.1. The second-order valence-electron chi connectivity index (χ2n) is 7.17. The smallest absolute Gasteiger partial charge is 0.225 e. The van der Waals surface area contributed by atoms with E-state index < -0.39 is 0 Å². The molecule has 0 saturated carbocycles. The highest BCUT2D eigenvalue weighted by Gasteiger charge is 2.35. The zero-order valence-corrected chi connectivity index (χ0v) is 13.0. The molecule has 3 aliphatic heterocycles. The van der Waals surface area contributed by atoms with Crippen molar-refractivity contribution in [3.8, 4) is 0 Å². The summed E-state index contributed by atoms with van der Waals surface area (Å²) >= 11 is 0. The molecule has 0 aromatic rings. The quantitative estimate of drug-likeness (QED) is 0.846. The minimum Gasteiger partial charge on any atom is -0.342 e. The van der Waals surface area contributed by atoms with Crippen molar-refractivity contribution in [3.05, 3.63) is 0 Å². The Bertz CT molecular complexity index is 350. The van der Waals surface area contributed by atoms with E-state index in [0.717, 1.165) is 37.9 Å². The number of likely N-dealkylation sites (tertiary alicyclic amines) is 1. The van der Waals surface area contributed by atoms with Crippen molar-refractivity contribution in [1.82, 2.24) is 15.1 Å². The van der Waals surface area contributed by atoms with Gasteiger partial charge in [-0.3, -0.25) is 4.79 Å². The predicted octanol–water partition coefficient (Wildman–Crippen LogP) is 1.32. The Morgan fingerprint density at radius 1 is 1.05 bits per heavy atom. The van der Waals surface area contributed by atoms with Crippen LogP contribution in [0.4, 0.5) is 0 Å². The van der Waals surface area contributed by atoms with Gasteiger partial charge in [0, 0.05) is 37.6 Å². The van der Waals surface area contributed by atoms with Crippen molar-refractivity contribution in [1.29, 1.82) is 0 Å². The lowest BCUT2D eigenvalue weighted by molar-refractivity contribution is -0.135. The maximum Gasteiger partial charge on any atom is 0.225 e. The second kappa shape index (κ2) is 6.02. The summed E-state index contributed by atoms with van der Waals surface area (Å²) in [7, 11) is 0. The number of nitrogens with one attached hydrogen (secondary N) is 1. The van der Waals surface area contributed by atoms with Crippen LogP contribution in [-0.4, -0.2) is 60.5 Å². The molecule has 3 rings (SSSR count). The third-order valence-corrected chi connectivity index (χ3v) is 5.38. The van der Waals surface area contributed by atoms with Crippen molar-refractivity contribution >= 4 is 5.91 Å². The minimum atomic E-state index is 0.141. The van der Waals surface area contributed by atoms with Gasteiger partial charge in [-0.1, -0.05) is 13.8 Å². The average Bonchev–Trinajstić information content (AvgIpc) is 2.85. The fraction of sp³-hybridized carbons (Fsp3) is 0.938. The molecule has 0 aromatic heterocycles. The van der Waals surface area contributed by atoms with E-state index in [1.807, 2.05) is 13.8 Å². The van der Waals surface area contributed by atoms with Crippen molar-refractivity contribution in [2.45, 2.75) is 51.6 Å². The highest BCUT2D eigenvalue weighted by atomic mass is 16.2. The van der Waals surface area contributed by atoms with E-state index in [1.165, 1.54) is 32.5 Å². The van der Waals surface area contributed by atoms with Gasteiger partial charge in [0.2, 0.25) is 5.91 Å². The van der Waals surface area contributed by atoms with Gasteiger partial charge in [0.15, 0.2) is 0 Å². The van der Waals surface area contributed by atoms with Crippen LogP contribution in [0.3, 0.4) is 0 Å². The molecule has 3 aliphatic rings. The molecule has 20 heavy (non-hydrogen) atoms. The fourth-order valence-corrected chi connectivity index (χ4v) is 4.11. The van der Waals surface area contributed by atoms with Gasteiger partial charge in [0.25, 0.3) is 0 Å². The van der Waals surface area contributed by atoms with E-state index >= 15 is 0 Å². The van der Waals surface area contributed by atoms with Gasteiger partial charge in [0.05, 0.1) is 0 Å². The molecule has 3 unspecified atom stereocenters. The van der Waals surface area contributed by atoms with Crippen molar-refractivity contribution in [2.24, 2.45) is 11.8 Å². The highest BCUT2D eigenvalue weighted by molar-refractivity contribution is 5.78. The van der Waals surface area contributed by atoms with Crippen LogP contribution in [0.2, 0.25) is 0 Å². The van der Waals surface area contributed by atoms with Gasteiger partial charge in [-0.25, -0.2) is 0 Å². The van der Waals surface area contributed by atoms with Crippen molar-refractivity contribution in [2.75, 3.05) is 32.7 Å². The molecule has 3 saturated heterocycles. The molecule has 0 aliphatic carbocycles. The number of fused-ring (bicyclic) bond motifs is 2. The molecule has 1 N–H and O–H groups in total. The predicted molar refractivity (Wildman–Crippen MR) is 80.5 cm³/mol. The molecule has 2 bridgehead atoms. The lowest BCUT2D eigenvalue weighted by Gasteiger charge is -2.38. The van der Waals surface area contributed by atoms with Crippen molar-refractivity contribution in [3.63, 3.8) is 0 Å². The Hall–Kier alpha value is -0.610. The van der Waals surface area contributed by atoms with E-state index in [2.05, 4.69) is 15.1 Å². The normalized spacial score (nSPS) is 34.8. The maximum absolute atomic E-state index is 12.0. The Labute approximate surface area is 122 Å². The van der Waals surface area contributed by atoms with Crippen LogP contribution in [0.15, 0.2) is 0 Å². The number of carbonyl (C=O) groups excluding carboxylic acids is 1. The molecule has 0 spiro atoms. The molecule has 114 valence electrons. The lowest BCUT2D eigenvalue weighted by Crippen LogP contribution is -2.52. The van der Waals surface area contributed by atoms with E-state index in [4.69, 9.17) is 0 Å². The van der Waals surface area contributed by atoms with E-state index in [0.29, 0.717) is 11.9 Å². The SMILES string of the molecule is CC(C)C(=O)N1CCC(NC2CCN3CCC2C3)CC1. The van der Waals surface area contributed by atoms with E-state index in [1.54, 1.807) is 0 Å². The van der Waals surface area contributed by atoms with Gasteiger partial charge in [-0.05, 0) is 44.7 Å². The Morgan fingerprint density at radius 2 is 1.75 bits per heavy atom. The molecule has 0 aromatic carbocycles. The summed E-state index contributed by atoms with van der Waals surface area (Å²) in [6, 6.07) is 1.36. The molecule has 4 nitrogen and oxygen atoms in total. The van der Waals surface area contributed by atoms with Crippen molar-refractivity contribution < 1.29 is 4.79 Å². The summed E-state index contributed by atoms with van der Waals surface area (Å²) < 4.78 is 0. The summed E-state index contributed by atoms with van der Waals surface area (Å²) in [5.74, 6) is 1.34. The van der Waals surface area contributed by atoms with Crippen LogP contribution in [0.5, 0.6) is 0 Å². The van der Waals surface area contributed by atoms with Gasteiger partial charge < -0.3 is 15.1 Å². The summed E-state index contributed by atoms with van der Waals surface area (Å²) in [6.45, 7) is 9.78. The summed E-state index contributed by atoms with van der Waals surface area (Å²) in [6.07, 6.45) is 4.95. The average molecular weight is 279 g/mol. The van der Waals surface area contributed by atoms with Crippen LogP contribution in [-0.2, 0) is 4.79 Å². The second-order valence-corrected chi connectivity index (χ2v) is 7.17. The number of rotatable bonds is 3. The summed E-state index contributed by atoms with van der Waals surface area (Å²) in [4.78, 5) is 16.7. The topological polar surface area (TPSA) is 35.6 Å². The molecular formula is C16H29N3O. The third-order valence-electron chi connectivity index (χ3n) is 5.38. The molecule has 0 radical (unpaired) electrons. The highest BCUT2D eigenvalue weighted by Crippen LogP contribution is 2.28. The number of nitrogens with zero attached hydrogens (tertiary/aromatic N) is 2. The fourth-order valence-electron chi connectivity index (χ4n) is 4.11. The number of amides is 1. The summed E-state index contributed by atoms with van der Waals surface area (Å²) in [5.41, 5.74) is 0. The zero-order valence-electron chi connectivity index (χ0n) is 13.0. The Morgan fingerprint density at radius 3 is 2.45 bits per heavy atom. The molecule has 4 heteroatoms. The third kappa shape index (κ3) is 3.01.